The number of aliphatic hydroxyl groups is 1. The van der Waals surface area contributed by atoms with Crippen molar-refractivity contribution in [2.45, 2.75) is 25.9 Å². The molecule has 8 nitrogen and oxygen atoms in total. The van der Waals surface area contributed by atoms with Crippen LogP contribution < -0.4 is 16.3 Å². The average Bonchev–Trinajstić information content (AvgIpc) is 2.69. The van der Waals surface area contributed by atoms with E-state index < -0.39 is 39.8 Å². The number of nitrogens with one attached hydrogen (secondary N) is 1. The number of aromatic nitrogens is 2. The van der Waals surface area contributed by atoms with Crippen LogP contribution in [-0.2, 0) is 6.54 Å². The van der Waals surface area contributed by atoms with Crippen molar-refractivity contribution in [3.63, 3.8) is 0 Å². The molecule has 0 aliphatic rings. The fourth-order valence-electron chi connectivity index (χ4n) is 3.05. The molecule has 2 aromatic heterocycles. The number of nitrogens with zero attached hydrogens (tertiary/aromatic N) is 2. The molecule has 0 aliphatic carbocycles. The summed E-state index contributed by atoms with van der Waals surface area (Å²) in [5, 5.41) is 21.7. The number of carbonyl (C=O) groups is 1. The second-order valence-electron chi connectivity index (χ2n) is 6.77. The molecule has 0 saturated carbocycles. The van der Waals surface area contributed by atoms with Gasteiger partial charge in [0.05, 0.1) is 0 Å². The number of pyridine rings is 1. The normalized spacial score (nSPS) is 12.1. The lowest BCUT2D eigenvalue weighted by Crippen LogP contribution is -2.31. The molecule has 2 heterocycles. The number of amides is 1. The highest BCUT2D eigenvalue weighted by Crippen LogP contribution is 2.14. The molecule has 0 radical (unpaired) electrons. The van der Waals surface area contributed by atoms with E-state index in [1.165, 1.54) is 17.0 Å². The highest BCUT2D eigenvalue weighted by atomic mass is 19.1. The van der Waals surface area contributed by atoms with Crippen molar-refractivity contribution in [1.82, 2.24) is 14.3 Å². The van der Waals surface area contributed by atoms with Gasteiger partial charge in [-0.1, -0.05) is 6.07 Å². The molecule has 1 aromatic carbocycles. The van der Waals surface area contributed by atoms with Crippen LogP contribution in [0.25, 0.3) is 5.52 Å². The number of benzene rings is 1. The van der Waals surface area contributed by atoms with Crippen LogP contribution in [0.3, 0.4) is 0 Å². The lowest BCUT2D eigenvalue weighted by atomic mass is 10.2. The number of rotatable bonds is 6. The summed E-state index contributed by atoms with van der Waals surface area (Å²) in [5.74, 6) is -3.41. The predicted octanol–water partition coefficient (Wildman–Crippen LogP) is 1.32. The smallest absolute Gasteiger partial charge is 0.279 e. The molecule has 0 fully saturated rings. The van der Waals surface area contributed by atoms with E-state index in [9.17, 15) is 28.3 Å². The summed E-state index contributed by atoms with van der Waals surface area (Å²) in [4.78, 5) is 37.5. The van der Waals surface area contributed by atoms with Gasteiger partial charge in [0.15, 0.2) is 11.3 Å². The number of hydrogen-bond acceptors (Lipinski definition) is 5. The maximum atomic E-state index is 13.7. The lowest BCUT2D eigenvalue weighted by Gasteiger charge is -2.16. The molecule has 1 amide bonds. The first kappa shape index (κ1) is 21.2. The second kappa shape index (κ2) is 8.46. The van der Waals surface area contributed by atoms with Gasteiger partial charge >= 0.3 is 0 Å². The van der Waals surface area contributed by atoms with E-state index in [1.54, 1.807) is 6.92 Å². The molecule has 1 atom stereocenters. The number of fused-ring (bicyclic) bond motifs is 1. The number of halogens is 2. The summed E-state index contributed by atoms with van der Waals surface area (Å²) in [6.45, 7) is 1.24. The third kappa shape index (κ3) is 3.94. The molecule has 0 bridgehead atoms. The number of aliphatic hydroxyl groups excluding tert-OH is 1. The summed E-state index contributed by atoms with van der Waals surface area (Å²) in [6, 6.07) is 2.48. The van der Waals surface area contributed by atoms with Crippen LogP contribution in [0.1, 0.15) is 35.3 Å². The van der Waals surface area contributed by atoms with Gasteiger partial charge in [0.2, 0.25) is 5.43 Å². The maximum Gasteiger partial charge on any atom is 0.279 e. The van der Waals surface area contributed by atoms with Gasteiger partial charge in [0.1, 0.15) is 17.2 Å². The Bertz CT molecular complexity index is 1240. The van der Waals surface area contributed by atoms with Gasteiger partial charge < -0.3 is 24.5 Å². The molecule has 3 rings (SSSR count). The van der Waals surface area contributed by atoms with Crippen LogP contribution in [0, 0.1) is 11.6 Å². The minimum atomic E-state index is -1.06. The summed E-state index contributed by atoms with van der Waals surface area (Å²) < 4.78 is 29.1. The van der Waals surface area contributed by atoms with Crippen molar-refractivity contribution in [3.8, 4) is 5.75 Å². The van der Waals surface area contributed by atoms with Gasteiger partial charge in [-0.05, 0) is 19.4 Å². The zero-order valence-corrected chi connectivity index (χ0v) is 15.9. The van der Waals surface area contributed by atoms with Crippen molar-refractivity contribution < 1.29 is 23.8 Å². The van der Waals surface area contributed by atoms with Crippen LogP contribution in [-0.4, -0.2) is 31.7 Å². The Morgan fingerprint density at radius 1 is 1.23 bits per heavy atom. The zero-order valence-electron chi connectivity index (χ0n) is 15.9. The molecule has 30 heavy (non-hydrogen) atoms. The Kier molecular flexibility index (Phi) is 5.97. The molecule has 10 heteroatoms. The molecule has 0 saturated heterocycles. The first-order valence-corrected chi connectivity index (χ1v) is 9.06. The summed E-state index contributed by atoms with van der Waals surface area (Å²) in [6.07, 6.45) is 4.19. The van der Waals surface area contributed by atoms with Crippen LogP contribution in [0.15, 0.2) is 46.4 Å². The fourth-order valence-corrected chi connectivity index (χ4v) is 3.05. The predicted molar refractivity (Wildman–Crippen MR) is 104 cm³/mol. The highest BCUT2D eigenvalue weighted by Gasteiger charge is 2.20. The molecule has 0 aliphatic heterocycles. The first-order chi connectivity index (χ1) is 14.2. The van der Waals surface area contributed by atoms with E-state index in [-0.39, 0.29) is 30.3 Å². The largest absolute Gasteiger partial charge is 0.503 e. The molecule has 158 valence electrons. The Morgan fingerprint density at radius 3 is 2.63 bits per heavy atom. The van der Waals surface area contributed by atoms with Gasteiger partial charge in [0.25, 0.3) is 11.5 Å². The van der Waals surface area contributed by atoms with E-state index in [0.29, 0.717) is 12.5 Å². The summed E-state index contributed by atoms with van der Waals surface area (Å²) in [7, 11) is 0. The van der Waals surface area contributed by atoms with Crippen LogP contribution in [0.5, 0.6) is 5.75 Å². The fraction of sp³-hybridized carbons (Fsp3) is 0.250. The van der Waals surface area contributed by atoms with E-state index >= 15 is 0 Å². The SMILES string of the molecule is C[C@H](CCO)n1ccn2cc(C(=O)NCc3ccc(F)cc3F)c(=O)c(O)c2c1=O. The van der Waals surface area contributed by atoms with E-state index in [1.807, 2.05) is 0 Å². The zero-order chi connectivity index (χ0) is 22.0. The van der Waals surface area contributed by atoms with E-state index in [4.69, 9.17) is 5.11 Å². The first-order valence-electron chi connectivity index (χ1n) is 9.06. The molecular weight excluding hydrogens is 400 g/mol. The van der Waals surface area contributed by atoms with Gasteiger partial charge in [-0.15, -0.1) is 0 Å². The summed E-state index contributed by atoms with van der Waals surface area (Å²) in [5.41, 5.74) is -2.47. The van der Waals surface area contributed by atoms with E-state index in [0.717, 1.165) is 22.7 Å². The lowest BCUT2D eigenvalue weighted by molar-refractivity contribution is 0.0948. The number of carbonyl (C=O) groups excluding carboxylic acids is 1. The number of aromatic hydroxyl groups is 1. The minimum absolute atomic E-state index is 0.00983. The van der Waals surface area contributed by atoms with Gasteiger partial charge in [-0.2, -0.15) is 0 Å². The minimum Gasteiger partial charge on any atom is -0.503 e. The topological polar surface area (TPSA) is 113 Å². The second-order valence-corrected chi connectivity index (χ2v) is 6.77. The molecular formula is C20H19F2N3O5. The van der Waals surface area contributed by atoms with Crippen LogP contribution >= 0.6 is 0 Å². The average molecular weight is 419 g/mol. The van der Waals surface area contributed by atoms with Crippen molar-refractivity contribution in [3.05, 3.63) is 80.1 Å². The van der Waals surface area contributed by atoms with Crippen LogP contribution in [0.2, 0.25) is 0 Å². The quantitative estimate of drug-likeness (QED) is 0.558. The van der Waals surface area contributed by atoms with Crippen molar-refractivity contribution >= 4 is 11.4 Å². The van der Waals surface area contributed by atoms with Gasteiger partial charge in [0, 0.05) is 49.4 Å². The molecule has 3 aromatic rings. The Labute approximate surface area is 168 Å². The third-order valence-corrected chi connectivity index (χ3v) is 4.76. The maximum absolute atomic E-state index is 13.7. The van der Waals surface area contributed by atoms with Gasteiger partial charge in [-0.3, -0.25) is 14.4 Å². The molecule has 0 unspecified atom stereocenters. The van der Waals surface area contributed by atoms with Crippen molar-refractivity contribution in [2.75, 3.05) is 6.61 Å². The monoisotopic (exact) mass is 419 g/mol. The molecule has 0 spiro atoms. The Hall–Kier alpha value is -3.53. The Balaban J connectivity index is 1.96. The summed E-state index contributed by atoms with van der Waals surface area (Å²) >= 11 is 0. The van der Waals surface area contributed by atoms with Crippen molar-refractivity contribution in [2.24, 2.45) is 0 Å². The van der Waals surface area contributed by atoms with Crippen LogP contribution in [0.4, 0.5) is 8.78 Å². The molecule has 3 N–H and O–H groups in total. The number of hydrogen-bond donors (Lipinski definition) is 3. The van der Waals surface area contributed by atoms with Gasteiger partial charge in [-0.25, -0.2) is 8.78 Å². The van der Waals surface area contributed by atoms with E-state index in [2.05, 4.69) is 5.32 Å². The van der Waals surface area contributed by atoms with Crippen molar-refractivity contribution in [1.29, 1.82) is 0 Å². The Morgan fingerprint density at radius 2 is 1.97 bits per heavy atom. The highest BCUT2D eigenvalue weighted by molar-refractivity contribution is 5.94. The third-order valence-electron chi connectivity index (χ3n) is 4.76. The standard InChI is InChI=1S/C20H19F2N3O5/c1-11(4-7-26)25-6-5-24-10-14(17(27)18(28)16(24)20(25)30)19(29)23-9-12-2-3-13(21)8-15(12)22/h2-3,5-6,8,10-11,26,28H,4,7,9H2,1H3,(H,23,29)/t11-/m1/s1.